The van der Waals surface area contributed by atoms with Crippen molar-refractivity contribution < 1.29 is 19.4 Å². The van der Waals surface area contributed by atoms with Crippen LogP contribution in [-0.4, -0.2) is 22.8 Å². The molecule has 0 aromatic heterocycles. The molecular weight excluding hydrogens is 392 g/mol. The van der Waals surface area contributed by atoms with E-state index in [9.17, 15) is 14.7 Å². The van der Waals surface area contributed by atoms with Gasteiger partial charge in [0.2, 0.25) is 0 Å². The van der Waals surface area contributed by atoms with Gasteiger partial charge in [0, 0.05) is 0 Å². The van der Waals surface area contributed by atoms with Gasteiger partial charge < -0.3 is 9.84 Å². The van der Waals surface area contributed by atoms with E-state index in [-0.39, 0.29) is 6.61 Å². The van der Waals surface area contributed by atoms with Gasteiger partial charge >= 0.3 is 12.1 Å². The van der Waals surface area contributed by atoms with Gasteiger partial charge in [0.1, 0.15) is 5.60 Å². The number of rotatable bonds is 4. The van der Waals surface area contributed by atoms with Gasteiger partial charge in [-0.15, -0.1) is 0 Å². The normalized spacial score (nSPS) is 11.0. The Hall–Kier alpha value is -3.64. The van der Waals surface area contributed by atoms with Crippen LogP contribution in [0.3, 0.4) is 0 Å². The molecule has 0 spiro atoms. The quantitative estimate of drug-likeness (QED) is 0.574. The standard InChI is InChI=1S/C25H26N2O4/c1-25(2,3)31-24(30)27(22-16-14-19(18-28)15-17-22)23(29)26(20-10-6-4-7-11-20)21-12-8-5-9-13-21/h4-17,28H,18H2,1-3H3. The number of carbonyl (C=O) groups excluding carboxylic acids is 2. The van der Waals surface area contributed by atoms with Crippen LogP contribution in [0.1, 0.15) is 26.3 Å². The smallest absolute Gasteiger partial charge is 0.423 e. The molecule has 0 atom stereocenters. The van der Waals surface area contributed by atoms with Crippen molar-refractivity contribution in [1.29, 1.82) is 0 Å². The highest BCUT2D eigenvalue weighted by atomic mass is 16.6. The molecule has 0 aliphatic carbocycles. The van der Waals surface area contributed by atoms with Gasteiger partial charge in [-0.3, -0.25) is 4.90 Å². The fourth-order valence-electron chi connectivity index (χ4n) is 2.98. The minimum atomic E-state index is -0.787. The molecule has 1 N–H and O–H groups in total. The average Bonchev–Trinajstić information content (AvgIpc) is 2.75. The first-order valence-electron chi connectivity index (χ1n) is 9.97. The summed E-state index contributed by atoms with van der Waals surface area (Å²) in [5, 5.41) is 9.34. The van der Waals surface area contributed by atoms with E-state index in [1.165, 1.54) is 4.90 Å². The molecule has 0 unspecified atom stereocenters. The Bertz CT molecular complexity index is 973. The average molecular weight is 418 g/mol. The molecule has 3 amide bonds. The van der Waals surface area contributed by atoms with E-state index in [4.69, 9.17) is 4.74 Å². The van der Waals surface area contributed by atoms with Crippen LogP contribution < -0.4 is 9.80 Å². The highest BCUT2D eigenvalue weighted by molar-refractivity contribution is 6.19. The first-order valence-corrected chi connectivity index (χ1v) is 9.97. The van der Waals surface area contributed by atoms with Crippen molar-refractivity contribution in [1.82, 2.24) is 0 Å². The number of amides is 3. The lowest BCUT2D eigenvalue weighted by Crippen LogP contribution is -2.47. The number of imide groups is 1. The van der Waals surface area contributed by atoms with E-state index in [1.54, 1.807) is 69.3 Å². The van der Waals surface area contributed by atoms with Crippen molar-refractivity contribution in [3.8, 4) is 0 Å². The van der Waals surface area contributed by atoms with E-state index < -0.39 is 17.7 Å². The zero-order valence-corrected chi connectivity index (χ0v) is 17.9. The lowest BCUT2D eigenvalue weighted by Gasteiger charge is -2.31. The van der Waals surface area contributed by atoms with Crippen molar-refractivity contribution in [3.63, 3.8) is 0 Å². The summed E-state index contributed by atoms with van der Waals surface area (Å²) < 4.78 is 5.54. The number of anilines is 3. The summed E-state index contributed by atoms with van der Waals surface area (Å²) in [6, 6.07) is 24.2. The van der Waals surface area contributed by atoms with Crippen LogP contribution in [-0.2, 0) is 11.3 Å². The molecule has 0 aliphatic rings. The zero-order valence-electron chi connectivity index (χ0n) is 17.9. The molecule has 3 rings (SSSR count). The fraction of sp³-hybridized carbons (Fsp3) is 0.200. The van der Waals surface area contributed by atoms with Crippen molar-refractivity contribution >= 4 is 29.2 Å². The predicted molar refractivity (Wildman–Crippen MR) is 121 cm³/mol. The van der Waals surface area contributed by atoms with Crippen LogP contribution in [0.5, 0.6) is 0 Å². The Kier molecular flexibility index (Phi) is 6.72. The number of carbonyl (C=O) groups is 2. The predicted octanol–water partition coefficient (Wildman–Crippen LogP) is 5.88. The first-order chi connectivity index (χ1) is 14.8. The topological polar surface area (TPSA) is 70.1 Å². The largest absolute Gasteiger partial charge is 0.443 e. The SMILES string of the molecule is CC(C)(C)OC(=O)N(C(=O)N(c1ccccc1)c1ccccc1)c1ccc(CO)cc1. The number of hydrogen-bond donors (Lipinski definition) is 1. The zero-order chi connectivity index (χ0) is 22.4. The number of ether oxygens (including phenoxy) is 1. The first kappa shape index (κ1) is 22.1. The summed E-state index contributed by atoms with van der Waals surface area (Å²) >= 11 is 0. The molecule has 0 aliphatic heterocycles. The molecule has 0 bridgehead atoms. The maximum Gasteiger partial charge on any atom is 0.423 e. The fourth-order valence-corrected chi connectivity index (χ4v) is 2.98. The Labute approximate surface area is 182 Å². The number of benzene rings is 3. The summed E-state index contributed by atoms with van der Waals surface area (Å²) in [6.07, 6.45) is -0.786. The third-order valence-corrected chi connectivity index (χ3v) is 4.36. The Balaban J connectivity index is 2.10. The molecule has 3 aromatic carbocycles. The highest BCUT2D eigenvalue weighted by Crippen LogP contribution is 2.29. The number of hydrogen-bond acceptors (Lipinski definition) is 4. The molecule has 0 saturated carbocycles. The van der Waals surface area contributed by atoms with Gasteiger partial charge in [0.25, 0.3) is 0 Å². The van der Waals surface area contributed by atoms with Crippen molar-refractivity contribution in [3.05, 3.63) is 90.5 Å². The van der Waals surface area contributed by atoms with Crippen LogP contribution in [0.25, 0.3) is 0 Å². The number of aliphatic hydroxyl groups is 1. The summed E-state index contributed by atoms with van der Waals surface area (Å²) in [4.78, 5) is 29.4. The lowest BCUT2D eigenvalue weighted by atomic mass is 10.2. The van der Waals surface area contributed by atoms with E-state index >= 15 is 0 Å². The molecule has 6 heteroatoms. The minimum absolute atomic E-state index is 0.138. The van der Waals surface area contributed by atoms with Gasteiger partial charge in [0.05, 0.1) is 23.7 Å². The van der Waals surface area contributed by atoms with Crippen LogP contribution in [0, 0.1) is 0 Å². The molecule has 160 valence electrons. The summed E-state index contributed by atoms with van der Waals surface area (Å²) in [6.45, 7) is 5.10. The Morgan fingerprint density at radius 2 is 1.26 bits per heavy atom. The molecule has 6 nitrogen and oxygen atoms in total. The second-order valence-corrected chi connectivity index (χ2v) is 7.93. The Morgan fingerprint density at radius 1 is 0.774 bits per heavy atom. The Morgan fingerprint density at radius 3 is 1.68 bits per heavy atom. The van der Waals surface area contributed by atoms with Crippen LogP contribution in [0.15, 0.2) is 84.9 Å². The monoisotopic (exact) mass is 418 g/mol. The summed E-state index contributed by atoms with van der Waals surface area (Å²) in [5.74, 6) is 0. The van der Waals surface area contributed by atoms with Gasteiger partial charge in [-0.25, -0.2) is 9.59 Å². The molecule has 0 saturated heterocycles. The number of para-hydroxylation sites is 2. The van der Waals surface area contributed by atoms with Gasteiger partial charge in [-0.2, -0.15) is 4.90 Å². The molecule has 0 fully saturated rings. The van der Waals surface area contributed by atoms with Crippen molar-refractivity contribution in [2.24, 2.45) is 0 Å². The second kappa shape index (κ2) is 9.45. The van der Waals surface area contributed by atoms with E-state index in [1.807, 2.05) is 36.4 Å². The molecular formula is C25H26N2O4. The number of nitrogens with zero attached hydrogens (tertiary/aromatic N) is 2. The minimum Gasteiger partial charge on any atom is -0.443 e. The van der Waals surface area contributed by atoms with Crippen LogP contribution >= 0.6 is 0 Å². The number of aliphatic hydroxyl groups excluding tert-OH is 1. The van der Waals surface area contributed by atoms with Gasteiger partial charge in [0.15, 0.2) is 0 Å². The van der Waals surface area contributed by atoms with Crippen LogP contribution in [0.2, 0.25) is 0 Å². The van der Waals surface area contributed by atoms with Crippen molar-refractivity contribution in [2.75, 3.05) is 9.80 Å². The number of urea groups is 1. The van der Waals surface area contributed by atoms with Crippen molar-refractivity contribution in [2.45, 2.75) is 33.0 Å². The maximum absolute atomic E-state index is 13.8. The molecule has 3 aromatic rings. The molecule has 0 radical (unpaired) electrons. The second-order valence-electron chi connectivity index (χ2n) is 7.93. The molecule has 31 heavy (non-hydrogen) atoms. The van der Waals surface area contributed by atoms with E-state index in [0.717, 1.165) is 4.90 Å². The maximum atomic E-state index is 13.8. The van der Waals surface area contributed by atoms with Crippen LogP contribution in [0.4, 0.5) is 26.7 Å². The summed E-state index contributed by atoms with van der Waals surface area (Å²) in [5.41, 5.74) is 1.44. The highest BCUT2D eigenvalue weighted by Gasteiger charge is 2.33. The van der Waals surface area contributed by atoms with E-state index in [0.29, 0.717) is 22.6 Å². The molecule has 0 heterocycles. The third-order valence-electron chi connectivity index (χ3n) is 4.36. The third kappa shape index (κ3) is 5.49. The lowest BCUT2D eigenvalue weighted by molar-refractivity contribution is 0.0595. The summed E-state index contributed by atoms with van der Waals surface area (Å²) in [7, 11) is 0. The van der Waals surface area contributed by atoms with E-state index in [2.05, 4.69) is 0 Å². The van der Waals surface area contributed by atoms with Gasteiger partial charge in [-0.1, -0.05) is 48.5 Å². The van der Waals surface area contributed by atoms with Gasteiger partial charge in [-0.05, 0) is 62.7 Å².